The molecule has 4 saturated heterocycles. The summed E-state index contributed by atoms with van der Waals surface area (Å²) in [5.74, 6) is -3.94. The van der Waals surface area contributed by atoms with E-state index in [0.717, 1.165) is 48.6 Å². The Morgan fingerprint density at radius 3 is 1.34 bits per heavy atom. The number of hydrogen-bond acceptors (Lipinski definition) is 22. The fraction of sp³-hybridized carbons (Fsp3) is 0.500. The minimum Gasteiger partial charge on any atom is -0.463 e. The zero-order valence-corrected chi connectivity index (χ0v) is 54.9. The SMILES string of the molecule is CO[C@@H]1O[C@@H](C)[C@H](OCc2ccccc2)[C@@H](O[C@H]2O[C@H](COCc3ccccc3)[C@@H](OCc3ccccc3)[C@H](OCc3ccccc3)[C@H]2OCc2ccccc2)[C@H]1O[C@@H]1O[C@@H](C)[C@H](O)[C@@H](O)[C@H]1O[C@@H]1O[C@H](COC(C)=O)[C@@H](OC(C)=O)[C@H](OC(C)=O)[C@H]1NC(=O)C(Cl)(Cl)Cl. The molecule has 4 aliphatic rings. The number of rotatable bonds is 28. The number of halogens is 3. The van der Waals surface area contributed by atoms with E-state index in [1.807, 2.05) is 152 Å². The van der Waals surface area contributed by atoms with Crippen LogP contribution in [0.4, 0.5) is 0 Å². The van der Waals surface area contributed by atoms with Gasteiger partial charge in [0.15, 0.2) is 37.4 Å². The van der Waals surface area contributed by atoms with Crippen molar-refractivity contribution < 1.29 is 105 Å². The summed E-state index contributed by atoms with van der Waals surface area (Å²) in [6.45, 7) is 6.27. The average Bonchev–Trinajstić information content (AvgIpc) is 0.771. The van der Waals surface area contributed by atoms with Gasteiger partial charge in [0, 0.05) is 27.9 Å². The number of carbonyl (C=O) groups is 4. The van der Waals surface area contributed by atoms with Crippen LogP contribution in [0.2, 0.25) is 0 Å². The Morgan fingerprint density at radius 2 is 0.851 bits per heavy atom. The molecule has 0 spiro atoms. The first kappa shape index (κ1) is 72.5. The zero-order valence-electron chi connectivity index (χ0n) is 52.6. The minimum atomic E-state index is -2.67. The zero-order chi connectivity index (χ0) is 66.9. The van der Waals surface area contributed by atoms with Crippen molar-refractivity contribution >= 4 is 58.6 Å². The molecule has 94 heavy (non-hydrogen) atoms. The predicted octanol–water partition coefficient (Wildman–Crippen LogP) is 7.29. The molecule has 4 heterocycles. The second-order valence-electron chi connectivity index (χ2n) is 23.0. The number of methoxy groups -OCH3 is 1. The standard InChI is InChI=1S/C68H80Cl3NO22/c1-39-52(76)53(77)58(92-63-51(72-67(78)68(69,70)71)57(89-43(5)75)56(88-42(4)74)50(90-63)38-81-41(3)73)65(86-39)94-62-60(54(40(2)87-64(62)79-6)82-33-45-24-14-8-15-25-45)93-66-61(85-36-48-30-20-11-21-31-48)59(84-35-47-28-18-10-19-29-47)55(83-34-46-26-16-9-17-27-46)49(91-66)37-80-32-44-22-12-7-13-23-44/h7-31,39-40,49-66,76-77H,32-38H2,1-6H3,(H,72,78)/t39-,40-,49+,50+,51+,52-,53+,54-,55+,56+,57+,58+,59-,60+,61+,62+,63-,64+,65-,66+/m0/s1. The van der Waals surface area contributed by atoms with Crippen LogP contribution >= 0.6 is 34.8 Å². The number of alkyl halides is 3. The molecule has 0 radical (unpaired) electrons. The summed E-state index contributed by atoms with van der Waals surface area (Å²) in [6, 6.07) is 46.1. The van der Waals surface area contributed by atoms with Crippen molar-refractivity contribution in [2.45, 2.75) is 194 Å². The third kappa shape index (κ3) is 20.0. The highest BCUT2D eigenvalue weighted by Gasteiger charge is 2.59. The number of amides is 1. The molecule has 510 valence electrons. The second kappa shape index (κ2) is 35.0. The number of benzene rings is 5. The Balaban J connectivity index is 1.14. The summed E-state index contributed by atoms with van der Waals surface area (Å²) in [5.41, 5.74) is 4.24. The van der Waals surface area contributed by atoms with Crippen LogP contribution < -0.4 is 5.32 Å². The van der Waals surface area contributed by atoms with E-state index in [9.17, 15) is 29.4 Å². The van der Waals surface area contributed by atoms with Crippen LogP contribution in [-0.4, -0.2) is 181 Å². The highest BCUT2D eigenvalue weighted by molar-refractivity contribution is 6.76. The van der Waals surface area contributed by atoms with Gasteiger partial charge in [0.25, 0.3) is 9.70 Å². The van der Waals surface area contributed by atoms with Crippen LogP contribution in [0.25, 0.3) is 0 Å². The summed E-state index contributed by atoms with van der Waals surface area (Å²) in [5, 5.41) is 26.5. The molecule has 26 heteroatoms. The van der Waals surface area contributed by atoms with Crippen LogP contribution in [0, 0.1) is 0 Å². The van der Waals surface area contributed by atoms with Crippen LogP contribution in [0.5, 0.6) is 0 Å². The van der Waals surface area contributed by atoms with Crippen molar-refractivity contribution in [1.82, 2.24) is 5.32 Å². The fourth-order valence-corrected chi connectivity index (χ4v) is 11.6. The van der Waals surface area contributed by atoms with E-state index >= 15 is 0 Å². The molecule has 23 nitrogen and oxygen atoms in total. The van der Waals surface area contributed by atoms with E-state index in [-0.39, 0.29) is 39.6 Å². The largest absolute Gasteiger partial charge is 0.463 e. The highest BCUT2D eigenvalue weighted by atomic mass is 35.6. The molecule has 0 saturated carbocycles. The van der Waals surface area contributed by atoms with Crippen LogP contribution in [-0.2, 0) is 128 Å². The molecule has 4 aliphatic heterocycles. The van der Waals surface area contributed by atoms with Crippen LogP contribution in [0.3, 0.4) is 0 Å². The maximum atomic E-state index is 13.7. The number of ether oxygens (including phenoxy) is 16. The van der Waals surface area contributed by atoms with Crippen molar-refractivity contribution in [3.8, 4) is 0 Å². The molecule has 1 amide bonds. The summed E-state index contributed by atoms with van der Waals surface area (Å²) in [6.07, 6.45) is -26.8. The van der Waals surface area contributed by atoms with Crippen molar-refractivity contribution in [1.29, 1.82) is 0 Å². The molecule has 0 aromatic heterocycles. The predicted molar refractivity (Wildman–Crippen MR) is 336 cm³/mol. The first-order valence-corrected chi connectivity index (χ1v) is 31.9. The Bertz CT molecular complexity index is 3130. The van der Waals surface area contributed by atoms with Gasteiger partial charge in [0.05, 0.1) is 51.8 Å². The molecule has 0 bridgehead atoms. The summed E-state index contributed by atoms with van der Waals surface area (Å²) < 4.78 is 103. The molecular formula is C68H80Cl3NO22. The van der Waals surface area contributed by atoms with Gasteiger partial charge in [-0.3, -0.25) is 19.2 Å². The monoisotopic (exact) mass is 1370 g/mol. The van der Waals surface area contributed by atoms with Crippen molar-refractivity contribution in [2.75, 3.05) is 20.3 Å². The van der Waals surface area contributed by atoms with Gasteiger partial charge >= 0.3 is 17.9 Å². The van der Waals surface area contributed by atoms with Crippen molar-refractivity contribution in [3.05, 3.63) is 179 Å². The normalized spacial score (nSPS) is 31.2. The first-order valence-electron chi connectivity index (χ1n) is 30.8. The molecule has 9 rings (SSSR count). The Hall–Kier alpha value is -5.75. The average molecular weight is 1370 g/mol. The number of esters is 3. The van der Waals surface area contributed by atoms with Crippen LogP contribution in [0.1, 0.15) is 62.4 Å². The number of aliphatic hydroxyl groups is 2. The summed E-state index contributed by atoms with van der Waals surface area (Å²) in [7, 11) is 1.38. The second-order valence-corrected chi connectivity index (χ2v) is 25.3. The summed E-state index contributed by atoms with van der Waals surface area (Å²) >= 11 is 18.3. The van der Waals surface area contributed by atoms with E-state index in [1.54, 1.807) is 6.92 Å². The van der Waals surface area contributed by atoms with Gasteiger partial charge in [-0.05, 0) is 41.7 Å². The van der Waals surface area contributed by atoms with E-state index in [1.165, 1.54) is 14.0 Å². The lowest BCUT2D eigenvalue weighted by Crippen LogP contribution is -2.70. The fourth-order valence-electron chi connectivity index (χ4n) is 11.4. The first-order chi connectivity index (χ1) is 45.2. The number of nitrogens with one attached hydrogen (secondary N) is 1. The topological polar surface area (TPSA) is 268 Å². The number of aliphatic hydroxyl groups excluding tert-OH is 2. The van der Waals surface area contributed by atoms with Crippen LogP contribution in [0.15, 0.2) is 152 Å². The molecule has 5 aromatic carbocycles. The minimum absolute atomic E-state index is 0.0251. The van der Waals surface area contributed by atoms with Gasteiger partial charge < -0.3 is 91.3 Å². The molecule has 4 fully saturated rings. The Labute approximate surface area is 560 Å². The molecular weight excluding hydrogens is 1290 g/mol. The van der Waals surface area contributed by atoms with Crippen molar-refractivity contribution in [2.24, 2.45) is 0 Å². The lowest BCUT2D eigenvalue weighted by atomic mass is 9.94. The van der Waals surface area contributed by atoms with Gasteiger partial charge in [-0.25, -0.2) is 0 Å². The lowest BCUT2D eigenvalue weighted by Gasteiger charge is -2.51. The molecule has 20 atom stereocenters. The maximum absolute atomic E-state index is 13.7. The van der Waals surface area contributed by atoms with E-state index < -0.39 is 157 Å². The van der Waals surface area contributed by atoms with E-state index in [4.69, 9.17) is 111 Å². The maximum Gasteiger partial charge on any atom is 0.303 e. The quantitative estimate of drug-likeness (QED) is 0.0252. The molecule has 5 aromatic rings. The van der Waals surface area contributed by atoms with Gasteiger partial charge in [0.1, 0.15) is 79.8 Å². The number of carbonyl (C=O) groups excluding carboxylic acids is 4. The number of hydrogen-bond donors (Lipinski definition) is 3. The van der Waals surface area contributed by atoms with Crippen molar-refractivity contribution in [3.63, 3.8) is 0 Å². The van der Waals surface area contributed by atoms with Gasteiger partial charge in [-0.1, -0.05) is 186 Å². The molecule has 0 unspecified atom stereocenters. The highest BCUT2D eigenvalue weighted by Crippen LogP contribution is 2.40. The van der Waals surface area contributed by atoms with Gasteiger partial charge in [0.2, 0.25) is 0 Å². The third-order valence-electron chi connectivity index (χ3n) is 16.0. The molecule has 0 aliphatic carbocycles. The van der Waals surface area contributed by atoms with E-state index in [0.29, 0.717) is 0 Å². The summed E-state index contributed by atoms with van der Waals surface area (Å²) in [4.78, 5) is 51.8. The molecule has 3 N–H and O–H groups in total. The Kier molecular flexibility index (Phi) is 27.0. The Morgan fingerprint density at radius 1 is 0.436 bits per heavy atom. The lowest BCUT2D eigenvalue weighted by molar-refractivity contribution is -0.403. The third-order valence-corrected chi connectivity index (χ3v) is 16.5. The van der Waals surface area contributed by atoms with Gasteiger partial charge in [-0.2, -0.15) is 0 Å². The smallest absolute Gasteiger partial charge is 0.303 e. The van der Waals surface area contributed by atoms with E-state index in [2.05, 4.69) is 5.32 Å². The van der Waals surface area contributed by atoms with Gasteiger partial charge in [-0.15, -0.1) is 0 Å².